The van der Waals surface area contributed by atoms with Crippen LogP contribution < -0.4 is 11.1 Å². The summed E-state index contributed by atoms with van der Waals surface area (Å²) in [5.74, 6) is -3.39. The van der Waals surface area contributed by atoms with Crippen LogP contribution in [0.5, 0.6) is 0 Å². The van der Waals surface area contributed by atoms with E-state index in [4.69, 9.17) is 5.73 Å². The Kier molecular flexibility index (Phi) is 5.04. The fourth-order valence-corrected chi connectivity index (χ4v) is 2.25. The average Bonchev–Trinajstić information content (AvgIpc) is 2.39. The van der Waals surface area contributed by atoms with Gasteiger partial charge in [-0.05, 0) is 37.0 Å². The van der Waals surface area contributed by atoms with Crippen molar-refractivity contribution < 1.29 is 18.4 Å². The van der Waals surface area contributed by atoms with Gasteiger partial charge in [0, 0.05) is 0 Å². The zero-order valence-corrected chi connectivity index (χ0v) is 12.6. The van der Waals surface area contributed by atoms with E-state index in [1.807, 2.05) is 0 Å². The highest BCUT2D eigenvalue weighted by Gasteiger charge is 2.40. The monoisotopic (exact) mass is 298 g/mol. The molecule has 0 bridgehead atoms. The topological polar surface area (TPSA) is 72.2 Å². The Hall–Kier alpha value is -1.98. The number of nitrogens with two attached hydrogens (primary N) is 1. The van der Waals surface area contributed by atoms with E-state index in [9.17, 15) is 18.4 Å². The molecule has 0 aliphatic rings. The molecule has 0 saturated carbocycles. The molecule has 0 unspecified atom stereocenters. The number of benzene rings is 1. The maximum Gasteiger partial charge on any atom is 0.255 e. The van der Waals surface area contributed by atoms with Gasteiger partial charge in [-0.1, -0.05) is 20.8 Å². The van der Waals surface area contributed by atoms with Gasteiger partial charge in [0.2, 0.25) is 5.91 Å². The van der Waals surface area contributed by atoms with E-state index in [0.29, 0.717) is 0 Å². The summed E-state index contributed by atoms with van der Waals surface area (Å²) in [5.41, 5.74) is 3.73. The van der Waals surface area contributed by atoms with Crippen molar-refractivity contribution in [2.45, 2.75) is 39.7 Å². The molecule has 0 fully saturated rings. The zero-order valence-electron chi connectivity index (χ0n) is 12.6. The third-order valence-corrected chi connectivity index (χ3v) is 3.81. The van der Waals surface area contributed by atoms with Gasteiger partial charge in [0.05, 0.1) is 5.56 Å². The molecule has 0 aliphatic carbocycles. The highest BCUT2D eigenvalue weighted by molar-refractivity contribution is 5.99. The largest absolute Gasteiger partial charge is 0.368 e. The maximum atomic E-state index is 13.8. The van der Waals surface area contributed by atoms with Gasteiger partial charge in [-0.3, -0.25) is 9.59 Å². The first-order valence-electron chi connectivity index (χ1n) is 6.73. The lowest BCUT2D eigenvalue weighted by molar-refractivity contribution is -0.126. The number of rotatable bonds is 5. The molecule has 1 rings (SSSR count). The molecule has 0 spiro atoms. The van der Waals surface area contributed by atoms with Crippen molar-refractivity contribution in [1.82, 2.24) is 5.32 Å². The van der Waals surface area contributed by atoms with E-state index in [1.54, 1.807) is 20.8 Å². The van der Waals surface area contributed by atoms with E-state index in [-0.39, 0.29) is 17.9 Å². The van der Waals surface area contributed by atoms with Crippen molar-refractivity contribution in [3.05, 3.63) is 34.9 Å². The molecule has 0 aliphatic heterocycles. The molecule has 21 heavy (non-hydrogen) atoms. The first-order valence-corrected chi connectivity index (χ1v) is 6.73. The summed E-state index contributed by atoms with van der Waals surface area (Å²) in [6.45, 7) is 6.53. The quantitative estimate of drug-likeness (QED) is 0.875. The molecule has 0 radical (unpaired) electrons. The smallest absolute Gasteiger partial charge is 0.255 e. The fraction of sp³-hybridized carbons (Fsp3) is 0.467. The van der Waals surface area contributed by atoms with E-state index in [2.05, 4.69) is 5.32 Å². The molecule has 1 aromatic carbocycles. The normalized spacial score (nSPS) is 13.9. The van der Waals surface area contributed by atoms with Gasteiger partial charge in [-0.2, -0.15) is 0 Å². The third-order valence-electron chi connectivity index (χ3n) is 3.81. The number of hydrogen-bond donors (Lipinski definition) is 2. The standard InChI is InChI=1S/C15H20F2N2O2/c1-5-15(8(2)3,14(18)21)19-13(20)10-7-11(16)9(4)6-12(10)17/h6-8H,5H2,1-4H3,(H2,18,21)(H,19,20)/t15-/m0/s1. The van der Waals surface area contributed by atoms with Gasteiger partial charge in [0.25, 0.3) is 5.91 Å². The second-order valence-corrected chi connectivity index (χ2v) is 5.38. The van der Waals surface area contributed by atoms with Gasteiger partial charge >= 0.3 is 0 Å². The average molecular weight is 298 g/mol. The molecule has 0 saturated heterocycles. The van der Waals surface area contributed by atoms with Crippen LogP contribution in [0.15, 0.2) is 12.1 Å². The lowest BCUT2D eigenvalue weighted by Crippen LogP contribution is -2.60. The minimum atomic E-state index is -1.30. The van der Waals surface area contributed by atoms with E-state index in [0.717, 1.165) is 12.1 Å². The molecule has 3 N–H and O–H groups in total. The van der Waals surface area contributed by atoms with E-state index < -0.39 is 34.6 Å². The number of carbonyl (C=O) groups excluding carboxylic acids is 2. The van der Waals surface area contributed by atoms with Crippen LogP contribution in [0.2, 0.25) is 0 Å². The molecule has 4 nitrogen and oxygen atoms in total. The molecule has 0 aromatic heterocycles. The molecule has 1 aromatic rings. The molecular formula is C15H20F2N2O2. The minimum absolute atomic E-state index is 0.101. The number of halogens is 2. The lowest BCUT2D eigenvalue weighted by Gasteiger charge is -2.34. The molecular weight excluding hydrogens is 278 g/mol. The Balaban J connectivity index is 3.20. The van der Waals surface area contributed by atoms with Crippen LogP contribution in [0.25, 0.3) is 0 Å². The van der Waals surface area contributed by atoms with E-state index in [1.165, 1.54) is 6.92 Å². The van der Waals surface area contributed by atoms with Crippen LogP contribution in [0.4, 0.5) is 8.78 Å². The second-order valence-electron chi connectivity index (χ2n) is 5.38. The SMILES string of the molecule is CC[C@@](NC(=O)c1cc(F)c(C)cc1F)(C(N)=O)C(C)C. The first-order chi connectivity index (χ1) is 9.65. The van der Waals surface area contributed by atoms with Gasteiger partial charge in [0.15, 0.2) is 0 Å². The number of amides is 2. The number of hydrogen-bond acceptors (Lipinski definition) is 2. The number of primary amides is 1. The van der Waals surface area contributed by atoms with Crippen molar-refractivity contribution in [3.63, 3.8) is 0 Å². The predicted molar refractivity (Wildman–Crippen MR) is 75.6 cm³/mol. The van der Waals surface area contributed by atoms with Crippen LogP contribution in [-0.2, 0) is 4.79 Å². The van der Waals surface area contributed by atoms with Crippen molar-refractivity contribution in [2.75, 3.05) is 0 Å². The number of nitrogens with one attached hydrogen (secondary N) is 1. The van der Waals surface area contributed by atoms with Crippen molar-refractivity contribution >= 4 is 11.8 Å². The van der Waals surface area contributed by atoms with E-state index >= 15 is 0 Å². The number of aryl methyl sites for hydroxylation is 1. The van der Waals surface area contributed by atoms with Gasteiger partial charge in [-0.15, -0.1) is 0 Å². The van der Waals surface area contributed by atoms with Crippen molar-refractivity contribution in [1.29, 1.82) is 0 Å². The van der Waals surface area contributed by atoms with Crippen LogP contribution in [0.1, 0.15) is 43.1 Å². The summed E-state index contributed by atoms with van der Waals surface area (Å²) in [7, 11) is 0. The summed E-state index contributed by atoms with van der Waals surface area (Å²) in [6.07, 6.45) is 0.252. The molecule has 6 heteroatoms. The Bertz CT molecular complexity index is 573. The lowest BCUT2D eigenvalue weighted by atomic mass is 9.82. The summed E-state index contributed by atoms with van der Waals surface area (Å²) < 4.78 is 27.3. The predicted octanol–water partition coefficient (Wildman–Crippen LogP) is 2.29. The Morgan fingerprint density at radius 3 is 2.29 bits per heavy atom. The van der Waals surface area contributed by atoms with Crippen LogP contribution in [-0.4, -0.2) is 17.4 Å². The molecule has 0 heterocycles. The van der Waals surface area contributed by atoms with Gasteiger partial charge < -0.3 is 11.1 Å². The molecule has 1 atom stereocenters. The molecule has 2 amide bonds. The van der Waals surface area contributed by atoms with Crippen LogP contribution in [0, 0.1) is 24.5 Å². The molecule has 116 valence electrons. The Morgan fingerprint density at radius 2 is 1.86 bits per heavy atom. The third kappa shape index (κ3) is 3.20. The van der Waals surface area contributed by atoms with Crippen molar-refractivity contribution in [3.8, 4) is 0 Å². The highest BCUT2D eigenvalue weighted by atomic mass is 19.1. The first kappa shape index (κ1) is 17.1. The summed E-state index contributed by atoms with van der Waals surface area (Å²) in [5, 5.41) is 2.46. The second kappa shape index (κ2) is 6.20. The Labute approximate surface area is 122 Å². The van der Waals surface area contributed by atoms with Crippen LogP contribution >= 0.6 is 0 Å². The Morgan fingerprint density at radius 1 is 1.29 bits per heavy atom. The summed E-state index contributed by atoms with van der Waals surface area (Å²) in [4.78, 5) is 23.9. The maximum absolute atomic E-state index is 13.8. The minimum Gasteiger partial charge on any atom is -0.368 e. The zero-order chi connectivity index (χ0) is 16.4. The highest BCUT2D eigenvalue weighted by Crippen LogP contribution is 2.23. The fourth-order valence-electron chi connectivity index (χ4n) is 2.25. The van der Waals surface area contributed by atoms with Gasteiger partial charge in [0.1, 0.15) is 17.2 Å². The van der Waals surface area contributed by atoms with Gasteiger partial charge in [-0.25, -0.2) is 8.78 Å². The summed E-state index contributed by atoms with van der Waals surface area (Å²) >= 11 is 0. The van der Waals surface area contributed by atoms with Crippen LogP contribution in [0.3, 0.4) is 0 Å². The van der Waals surface area contributed by atoms with Crippen molar-refractivity contribution in [2.24, 2.45) is 11.7 Å². The number of carbonyl (C=O) groups is 2. The summed E-state index contributed by atoms with van der Waals surface area (Å²) in [6, 6.07) is 1.76.